The lowest BCUT2D eigenvalue weighted by molar-refractivity contribution is -0.139. The minimum absolute atomic E-state index is 0.0320. The Kier molecular flexibility index (Phi) is 38.8. The molecule has 0 radical (unpaired) electrons. The van der Waals surface area contributed by atoms with Crippen LogP contribution in [0.2, 0.25) is 0 Å². The van der Waals surface area contributed by atoms with Crippen LogP contribution >= 0.6 is 11.8 Å². The number of aliphatic hydroxyl groups excluding tert-OH is 1. The summed E-state index contributed by atoms with van der Waals surface area (Å²) in [5, 5.41) is 33.2. The van der Waals surface area contributed by atoms with Crippen molar-refractivity contribution in [1.29, 1.82) is 0 Å². The number of likely N-dealkylation sites (tertiary alicyclic amines) is 1. The van der Waals surface area contributed by atoms with Crippen LogP contribution in [0.5, 0.6) is 0 Å². The SMILES string of the molecule is CCC(=O)NCCCCC(NC(=O)CCOCCOCCNC(=O)C(CCCCNC)NC(=O)CC)C(=O)NC(CSC1CC(=O)N(CCC(=O)NCC(CC(C)=O)C(=O)NC(CCCCN)C(=O)NC(CC)C(N)O)C1=O)C(N)=O. The molecule has 462 valence electrons. The zero-order chi connectivity index (χ0) is 60.7. The maximum absolute atomic E-state index is 13.7. The first-order valence-electron chi connectivity index (χ1n) is 28.1. The van der Waals surface area contributed by atoms with Gasteiger partial charge in [0.1, 0.15) is 36.2 Å². The van der Waals surface area contributed by atoms with E-state index in [1.54, 1.807) is 20.8 Å². The summed E-state index contributed by atoms with van der Waals surface area (Å²) < 4.78 is 11.1. The fourth-order valence-electron chi connectivity index (χ4n) is 8.04. The van der Waals surface area contributed by atoms with Gasteiger partial charge in [0.25, 0.3) is 0 Å². The number of imide groups is 1. The van der Waals surface area contributed by atoms with E-state index >= 15 is 0 Å². The highest BCUT2D eigenvalue weighted by atomic mass is 32.2. The van der Waals surface area contributed by atoms with Gasteiger partial charge in [0.05, 0.1) is 43.6 Å². The minimum Gasteiger partial charge on any atom is -0.379 e. The summed E-state index contributed by atoms with van der Waals surface area (Å²) in [5.41, 5.74) is 16.9. The molecular formula is C52H93N13O15S. The van der Waals surface area contributed by atoms with Gasteiger partial charge in [-0.15, -0.1) is 11.8 Å². The van der Waals surface area contributed by atoms with Gasteiger partial charge in [0, 0.05) is 70.5 Å². The van der Waals surface area contributed by atoms with Crippen LogP contribution in [0.1, 0.15) is 130 Å². The Hall–Kier alpha value is -5.85. The van der Waals surface area contributed by atoms with Crippen molar-refractivity contribution < 1.29 is 72.1 Å². The first-order valence-corrected chi connectivity index (χ1v) is 29.2. The fraction of sp³-hybridized carbons (Fsp3) is 0.769. The van der Waals surface area contributed by atoms with E-state index in [1.165, 1.54) is 6.92 Å². The van der Waals surface area contributed by atoms with Crippen molar-refractivity contribution in [3.05, 3.63) is 0 Å². The largest absolute Gasteiger partial charge is 0.379 e. The molecule has 81 heavy (non-hydrogen) atoms. The Morgan fingerprint density at radius 1 is 0.654 bits per heavy atom. The van der Waals surface area contributed by atoms with Crippen LogP contribution in [0.3, 0.4) is 0 Å². The number of nitrogens with one attached hydrogen (secondary N) is 9. The lowest BCUT2D eigenvalue weighted by atomic mass is 10.00. The third-order valence-corrected chi connectivity index (χ3v) is 14.1. The highest BCUT2D eigenvalue weighted by Crippen LogP contribution is 2.26. The Morgan fingerprint density at radius 2 is 1.23 bits per heavy atom. The number of rotatable bonds is 47. The number of hydrogen-bond acceptors (Lipinski definition) is 19. The van der Waals surface area contributed by atoms with Crippen LogP contribution in [0.4, 0.5) is 0 Å². The third-order valence-electron chi connectivity index (χ3n) is 12.8. The summed E-state index contributed by atoms with van der Waals surface area (Å²) >= 11 is 0.893. The molecule has 0 aromatic rings. The van der Waals surface area contributed by atoms with E-state index in [0.717, 1.165) is 36.0 Å². The number of ketones is 1. The molecule has 1 saturated heterocycles. The number of Topliss-reactive ketones (excluding diaryl/α,β-unsaturated/α-hetero) is 1. The maximum atomic E-state index is 13.7. The number of ether oxygens (including phenoxy) is 2. The highest BCUT2D eigenvalue weighted by Gasteiger charge is 2.40. The second kappa shape index (κ2) is 42.9. The van der Waals surface area contributed by atoms with Gasteiger partial charge in [-0.2, -0.15) is 0 Å². The zero-order valence-electron chi connectivity index (χ0n) is 48.0. The minimum atomic E-state index is -1.35. The van der Waals surface area contributed by atoms with E-state index in [1.807, 2.05) is 7.05 Å². The molecule has 1 fully saturated rings. The standard InChI is InChI=1S/C52H93N13O15S/c1-6-35(46(54)72)62-51(77)38(15-9-12-20-53)63-48(74)34(29-33(4)66)31-59-43(69)18-24-65-45(71)30-40(52(65)78)81-32-39(47(55)73)64-50(76)37(17-11-14-22-57-41(67)7-2)61-44(70)19-25-79-27-28-80-26-23-58-49(75)36(60-42(68)8-3)16-10-13-21-56-5/h34-40,46,56,72H,6-32,53-54H2,1-5H3,(H2,55,73)(H,57,67)(H,58,75)(H,59,69)(H,60,68)(H,61,70)(H,62,77)(H,63,74)(H,64,76). The van der Waals surface area contributed by atoms with E-state index in [0.29, 0.717) is 51.6 Å². The molecule has 1 rings (SSSR count). The van der Waals surface area contributed by atoms with Crippen LogP contribution < -0.4 is 65.1 Å². The molecule has 8 atom stereocenters. The van der Waals surface area contributed by atoms with Crippen LogP contribution in [0, 0.1) is 5.92 Å². The fourth-order valence-corrected chi connectivity index (χ4v) is 9.24. The smallest absolute Gasteiger partial charge is 0.243 e. The van der Waals surface area contributed by atoms with Crippen molar-refractivity contribution in [3.63, 3.8) is 0 Å². The van der Waals surface area contributed by atoms with Crippen molar-refractivity contribution in [1.82, 2.24) is 52.8 Å². The van der Waals surface area contributed by atoms with E-state index in [9.17, 15) is 62.6 Å². The third kappa shape index (κ3) is 31.8. The molecule has 0 aromatic carbocycles. The Morgan fingerprint density at radius 3 is 1.83 bits per heavy atom. The van der Waals surface area contributed by atoms with Gasteiger partial charge in [-0.1, -0.05) is 20.8 Å². The number of carbonyl (C=O) groups is 12. The first kappa shape index (κ1) is 73.2. The predicted molar refractivity (Wildman–Crippen MR) is 301 cm³/mol. The lowest BCUT2D eigenvalue weighted by Crippen LogP contribution is -2.55. The topological polar surface area (TPSA) is 433 Å². The molecule has 29 heteroatoms. The number of unbranched alkanes of at least 4 members (excludes halogenated alkanes) is 3. The van der Waals surface area contributed by atoms with Crippen molar-refractivity contribution >= 4 is 82.5 Å². The predicted octanol–water partition coefficient (Wildman–Crippen LogP) is -3.29. The molecule has 0 aromatic heterocycles. The number of nitrogens with two attached hydrogens (primary N) is 3. The van der Waals surface area contributed by atoms with Crippen molar-refractivity contribution in [2.45, 2.75) is 172 Å². The molecule has 8 unspecified atom stereocenters. The molecule has 0 saturated carbocycles. The number of aliphatic hydroxyl groups is 1. The monoisotopic (exact) mass is 1170 g/mol. The lowest BCUT2D eigenvalue weighted by Gasteiger charge is -2.26. The molecule has 0 bridgehead atoms. The van der Waals surface area contributed by atoms with E-state index in [-0.39, 0.29) is 127 Å². The van der Waals surface area contributed by atoms with E-state index in [4.69, 9.17) is 26.7 Å². The van der Waals surface area contributed by atoms with E-state index in [2.05, 4.69) is 47.9 Å². The number of hydrogen-bond donors (Lipinski definition) is 13. The first-order chi connectivity index (χ1) is 38.6. The van der Waals surface area contributed by atoms with Crippen LogP contribution in [0.25, 0.3) is 0 Å². The second-order valence-electron chi connectivity index (χ2n) is 19.5. The van der Waals surface area contributed by atoms with Crippen LogP contribution in [-0.2, 0) is 67.0 Å². The van der Waals surface area contributed by atoms with Crippen LogP contribution in [0.15, 0.2) is 0 Å². The van der Waals surface area contributed by atoms with Crippen molar-refractivity contribution in [2.75, 3.05) is 78.5 Å². The Balaban J connectivity index is 2.81. The summed E-state index contributed by atoms with van der Waals surface area (Å²) in [5.74, 6) is -7.81. The Bertz CT molecular complexity index is 2020. The van der Waals surface area contributed by atoms with Gasteiger partial charge in [-0.05, 0) is 91.3 Å². The quantitative estimate of drug-likeness (QED) is 0.0161. The van der Waals surface area contributed by atoms with Gasteiger partial charge in [0.15, 0.2) is 0 Å². The Labute approximate surface area is 479 Å². The molecule has 1 aliphatic heterocycles. The van der Waals surface area contributed by atoms with Gasteiger partial charge < -0.3 is 84.4 Å². The highest BCUT2D eigenvalue weighted by molar-refractivity contribution is 8.00. The number of amides is 11. The molecule has 0 aliphatic carbocycles. The van der Waals surface area contributed by atoms with Gasteiger partial charge in [-0.25, -0.2) is 0 Å². The zero-order valence-corrected chi connectivity index (χ0v) is 48.8. The van der Waals surface area contributed by atoms with Gasteiger partial charge in [-0.3, -0.25) is 57.6 Å². The number of nitrogens with zero attached hydrogens (tertiary/aromatic N) is 1. The molecule has 28 nitrogen and oxygen atoms in total. The number of primary amides is 1. The summed E-state index contributed by atoms with van der Waals surface area (Å²) in [6.45, 7) is 7.81. The molecule has 16 N–H and O–H groups in total. The average Bonchev–Trinajstić information content (AvgIpc) is 3.70. The van der Waals surface area contributed by atoms with Crippen molar-refractivity contribution in [3.8, 4) is 0 Å². The average molecular weight is 1170 g/mol. The number of thioether (sulfide) groups is 1. The molecule has 1 heterocycles. The van der Waals surface area contributed by atoms with Crippen LogP contribution in [-0.4, -0.2) is 201 Å². The molecular weight excluding hydrogens is 1080 g/mol. The summed E-state index contributed by atoms with van der Waals surface area (Å²) in [6, 6.07) is -4.99. The van der Waals surface area contributed by atoms with Crippen molar-refractivity contribution in [2.24, 2.45) is 23.1 Å². The maximum Gasteiger partial charge on any atom is 0.243 e. The molecule has 0 spiro atoms. The molecule has 1 aliphatic rings. The number of carbonyl (C=O) groups excluding carboxylic acids is 12. The normalized spacial score (nSPS) is 15.7. The second-order valence-corrected chi connectivity index (χ2v) is 20.8. The van der Waals surface area contributed by atoms with E-state index < -0.39 is 94.9 Å². The van der Waals surface area contributed by atoms with Gasteiger partial charge in [0.2, 0.25) is 65.0 Å². The molecule has 11 amide bonds. The summed E-state index contributed by atoms with van der Waals surface area (Å²) in [7, 11) is 1.84. The summed E-state index contributed by atoms with van der Waals surface area (Å²) in [4.78, 5) is 155. The summed E-state index contributed by atoms with van der Waals surface area (Å²) in [6.07, 6.45) is 2.72. The van der Waals surface area contributed by atoms with Gasteiger partial charge >= 0.3 is 0 Å².